The van der Waals surface area contributed by atoms with Crippen LogP contribution in [0.2, 0.25) is 0 Å². The Morgan fingerprint density at radius 3 is 2.70 bits per heavy atom. The van der Waals surface area contributed by atoms with Crippen molar-refractivity contribution >= 4 is 0 Å². The lowest BCUT2D eigenvalue weighted by Crippen LogP contribution is -2.26. The Bertz CT molecular complexity index is 413. The van der Waals surface area contributed by atoms with Crippen LogP contribution in [0.3, 0.4) is 0 Å². The van der Waals surface area contributed by atoms with Crippen LogP contribution in [0.25, 0.3) is 0 Å². The first-order valence-electron chi connectivity index (χ1n) is 7.35. The first-order chi connectivity index (χ1) is 9.74. The molecular weight excluding hydrogens is 256 g/mol. The van der Waals surface area contributed by atoms with Gasteiger partial charge in [-0.05, 0) is 24.1 Å². The molecule has 1 aliphatic rings. The molecule has 20 heavy (non-hydrogen) atoms. The van der Waals surface area contributed by atoms with Gasteiger partial charge in [-0.3, -0.25) is 0 Å². The molecule has 1 unspecified atom stereocenters. The molecule has 1 fully saturated rings. The molecular formula is C16H24O4. The van der Waals surface area contributed by atoms with Gasteiger partial charge >= 0.3 is 0 Å². The molecule has 0 bridgehead atoms. The first kappa shape index (κ1) is 15.1. The van der Waals surface area contributed by atoms with Crippen molar-refractivity contribution in [2.45, 2.75) is 44.8 Å². The Balaban J connectivity index is 2.08. The molecule has 0 spiro atoms. The third-order valence-electron chi connectivity index (χ3n) is 3.60. The molecule has 0 amide bonds. The monoisotopic (exact) mass is 280 g/mol. The van der Waals surface area contributed by atoms with Crippen LogP contribution in [0.15, 0.2) is 18.2 Å². The summed E-state index contributed by atoms with van der Waals surface area (Å²) in [6.07, 6.45) is 3.26. The molecule has 4 nitrogen and oxygen atoms in total. The fraction of sp³-hybridized carbons (Fsp3) is 0.625. The molecule has 0 aliphatic carbocycles. The maximum Gasteiger partial charge on any atom is 0.161 e. The predicted molar refractivity (Wildman–Crippen MR) is 77.3 cm³/mol. The minimum absolute atomic E-state index is 0.184. The summed E-state index contributed by atoms with van der Waals surface area (Å²) in [6.45, 7) is 3.56. The average Bonchev–Trinajstić information content (AvgIpc) is 2.49. The highest BCUT2D eigenvalue weighted by Gasteiger charge is 2.18. The van der Waals surface area contributed by atoms with Gasteiger partial charge < -0.3 is 19.3 Å². The number of aliphatic hydroxyl groups excluding tert-OH is 1. The van der Waals surface area contributed by atoms with Gasteiger partial charge in [0.15, 0.2) is 11.5 Å². The second-order valence-electron chi connectivity index (χ2n) is 5.14. The molecule has 2 rings (SSSR count). The number of ether oxygens (including phenoxy) is 3. The van der Waals surface area contributed by atoms with Gasteiger partial charge in [0.05, 0.1) is 26.4 Å². The Morgan fingerprint density at radius 2 is 2.05 bits per heavy atom. The molecule has 1 aromatic rings. The number of benzene rings is 1. The summed E-state index contributed by atoms with van der Waals surface area (Å²) in [5.74, 6) is 1.43. The summed E-state index contributed by atoms with van der Waals surface area (Å²) >= 11 is 0. The number of aliphatic hydroxyl groups is 1. The normalized spacial score (nSPS) is 17.8. The van der Waals surface area contributed by atoms with E-state index in [-0.39, 0.29) is 6.10 Å². The van der Waals surface area contributed by atoms with Gasteiger partial charge in [0.1, 0.15) is 6.10 Å². The SMILES string of the molecule is CCCC(O)c1ccc(OC2CCOCC2)c(OC)c1. The predicted octanol–water partition coefficient (Wildman–Crippen LogP) is 3.09. The van der Waals surface area contributed by atoms with E-state index in [1.807, 2.05) is 18.2 Å². The minimum atomic E-state index is -0.439. The minimum Gasteiger partial charge on any atom is -0.493 e. The van der Waals surface area contributed by atoms with E-state index in [1.165, 1.54) is 0 Å². The number of hydrogen-bond donors (Lipinski definition) is 1. The highest BCUT2D eigenvalue weighted by Crippen LogP contribution is 2.33. The summed E-state index contributed by atoms with van der Waals surface area (Å²) in [5, 5.41) is 10.0. The molecule has 1 atom stereocenters. The van der Waals surface area contributed by atoms with E-state index < -0.39 is 6.10 Å². The van der Waals surface area contributed by atoms with Crippen LogP contribution in [0.4, 0.5) is 0 Å². The first-order valence-corrected chi connectivity index (χ1v) is 7.35. The van der Waals surface area contributed by atoms with Gasteiger partial charge in [-0.1, -0.05) is 19.4 Å². The fourth-order valence-corrected chi connectivity index (χ4v) is 2.40. The molecule has 0 radical (unpaired) electrons. The number of hydrogen-bond acceptors (Lipinski definition) is 4. The van der Waals surface area contributed by atoms with Crippen LogP contribution in [-0.2, 0) is 4.74 Å². The van der Waals surface area contributed by atoms with Gasteiger partial charge in [-0.25, -0.2) is 0 Å². The standard InChI is InChI=1S/C16H24O4/c1-3-4-14(17)12-5-6-15(16(11-12)18-2)20-13-7-9-19-10-8-13/h5-6,11,13-14,17H,3-4,7-10H2,1-2H3. The van der Waals surface area contributed by atoms with E-state index in [2.05, 4.69) is 6.92 Å². The van der Waals surface area contributed by atoms with E-state index >= 15 is 0 Å². The highest BCUT2D eigenvalue weighted by molar-refractivity contribution is 5.43. The van der Waals surface area contributed by atoms with E-state index in [9.17, 15) is 5.11 Å². The van der Waals surface area contributed by atoms with Crippen molar-refractivity contribution in [2.24, 2.45) is 0 Å². The highest BCUT2D eigenvalue weighted by atomic mass is 16.5. The zero-order chi connectivity index (χ0) is 14.4. The maximum atomic E-state index is 10.0. The zero-order valence-electron chi connectivity index (χ0n) is 12.3. The second-order valence-corrected chi connectivity index (χ2v) is 5.14. The molecule has 1 aliphatic heterocycles. The van der Waals surface area contributed by atoms with E-state index in [0.29, 0.717) is 5.75 Å². The summed E-state index contributed by atoms with van der Waals surface area (Å²) in [6, 6.07) is 5.68. The van der Waals surface area contributed by atoms with Crippen molar-refractivity contribution in [3.8, 4) is 11.5 Å². The van der Waals surface area contributed by atoms with Crippen LogP contribution >= 0.6 is 0 Å². The van der Waals surface area contributed by atoms with E-state index in [0.717, 1.165) is 50.2 Å². The van der Waals surface area contributed by atoms with Gasteiger partial charge in [0.25, 0.3) is 0 Å². The van der Waals surface area contributed by atoms with Crippen molar-refractivity contribution in [2.75, 3.05) is 20.3 Å². The van der Waals surface area contributed by atoms with E-state index in [4.69, 9.17) is 14.2 Å². The Morgan fingerprint density at radius 1 is 1.30 bits per heavy atom. The number of methoxy groups -OCH3 is 1. The summed E-state index contributed by atoms with van der Waals surface area (Å²) in [7, 11) is 1.63. The van der Waals surface area contributed by atoms with Gasteiger partial charge in [-0.15, -0.1) is 0 Å². The molecule has 112 valence electrons. The molecule has 1 heterocycles. The third-order valence-corrected chi connectivity index (χ3v) is 3.60. The third kappa shape index (κ3) is 3.87. The van der Waals surface area contributed by atoms with Crippen LogP contribution in [0.5, 0.6) is 11.5 Å². The van der Waals surface area contributed by atoms with Crippen molar-refractivity contribution in [1.82, 2.24) is 0 Å². The Kier molecular flexibility index (Phi) is 5.68. The second kappa shape index (κ2) is 7.50. The van der Waals surface area contributed by atoms with Crippen LogP contribution in [-0.4, -0.2) is 31.5 Å². The topological polar surface area (TPSA) is 47.9 Å². The van der Waals surface area contributed by atoms with Crippen LogP contribution < -0.4 is 9.47 Å². The Hall–Kier alpha value is -1.26. The quantitative estimate of drug-likeness (QED) is 0.870. The lowest BCUT2D eigenvalue weighted by Gasteiger charge is -2.24. The fourth-order valence-electron chi connectivity index (χ4n) is 2.40. The number of rotatable bonds is 6. The molecule has 1 saturated heterocycles. The molecule has 0 saturated carbocycles. The van der Waals surface area contributed by atoms with Crippen molar-refractivity contribution < 1.29 is 19.3 Å². The summed E-state index contributed by atoms with van der Waals surface area (Å²) in [4.78, 5) is 0. The molecule has 1 aromatic carbocycles. The molecule has 4 heteroatoms. The maximum absolute atomic E-state index is 10.0. The zero-order valence-corrected chi connectivity index (χ0v) is 12.3. The van der Waals surface area contributed by atoms with Crippen molar-refractivity contribution in [1.29, 1.82) is 0 Å². The Labute approximate surface area is 120 Å². The lowest BCUT2D eigenvalue weighted by atomic mass is 10.0. The largest absolute Gasteiger partial charge is 0.493 e. The molecule has 1 N–H and O–H groups in total. The average molecular weight is 280 g/mol. The van der Waals surface area contributed by atoms with Crippen molar-refractivity contribution in [3.63, 3.8) is 0 Å². The smallest absolute Gasteiger partial charge is 0.161 e. The van der Waals surface area contributed by atoms with Gasteiger partial charge in [0, 0.05) is 12.8 Å². The van der Waals surface area contributed by atoms with E-state index in [1.54, 1.807) is 7.11 Å². The van der Waals surface area contributed by atoms with Gasteiger partial charge in [-0.2, -0.15) is 0 Å². The van der Waals surface area contributed by atoms with Crippen molar-refractivity contribution in [3.05, 3.63) is 23.8 Å². The lowest BCUT2D eigenvalue weighted by molar-refractivity contribution is 0.0245. The summed E-state index contributed by atoms with van der Waals surface area (Å²) in [5.41, 5.74) is 0.878. The summed E-state index contributed by atoms with van der Waals surface area (Å²) < 4.78 is 16.7. The van der Waals surface area contributed by atoms with Crippen LogP contribution in [0.1, 0.15) is 44.3 Å². The van der Waals surface area contributed by atoms with Gasteiger partial charge in [0.2, 0.25) is 0 Å². The van der Waals surface area contributed by atoms with Crippen LogP contribution in [0, 0.1) is 0 Å². The molecule has 0 aromatic heterocycles.